The number of methoxy groups -OCH3 is 1. The summed E-state index contributed by atoms with van der Waals surface area (Å²) in [6, 6.07) is 7.32. The van der Waals surface area contributed by atoms with Crippen molar-refractivity contribution in [2.45, 2.75) is 0 Å². The third-order valence-corrected chi connectivity index (χ3v) is 2.43. The number of aldehydes is 2. The molecule has 6 heteroatoms. The Morgan fingerprint density at radius 3 is 1.90 bits per heavy atom. The molecule has 0 N–H and O–H groups in total. The van der Waals surface area contributed by atoms with Gasteiger partial charge in [0.25, 0.3) is 0 Å². The van der Waals surface area contributed by atoms with Crippen molar-refractivity contribution in [3.05, 3.63) is 65.0 Å². The van der Waals surface area contributed by atoms with Crippen molar-refractivity contribution in [1.29, 1.82) is 0 Å². The van der Waals surface area contributed by atoms with Gasteiger partial charge in [-0.1, -0.05) is 6.07 Å². The third-order valence-electron chi connectivity index (χ3n) is 2.43. The maximum atomic E-state index is 12.8. The normalized spacial score (nSPS) is 9.33. The Balaban J connectivity index is 0.000000211. The topological polar surface area (TPSA) is 43.4 Å². The van der Waals surface area contributed by atoms with Crippen LogP contribution in [0, 0.1) is 17.5 Å². The molecule has 0 unspecified atom stereocenters. The zero-order valence-electron chi connectivity index (χ0n) is 11.0. The summed E-state index contributed by atoms with van der Waals surface area (Å²) in [5.41, 5.74) is -0.203. The summed E-state index contributed by atoms with van der Waals surface area (Å²) in [4.78, 5) is 20.1. The first-order valence-electron chi connectivity index (χ1n) is 5.71. The molecule has 0 saturated heterocycles. The molecule has 0 radical (unpaired) electrons. The second-order valence-electron chi connectivity index (χ2n) is 3.77. The van der Waals surface area contributed by atoms with E-state index in [1.165, 1.54) is 25.3 Å². The van der Waals surface area contributed by atoms with Crippen LogP contribution in [0.4, 0.5) is 13.2 Å². The SMILES string of the molecule is COc1ccc(C=O)cc1F.O=Cc1c(F)cccc1F. The minimum atomic E-state index is -0.824. The predicted molar refractivity (Wildman–Crippen MR) is 70.1 cm³/mol. The molecule has 0 amide bonds. The minimum Gasteiger partial charge on any atom is -0.494 e. The second kappa shape index (κ2) is 7.84. The Bertz CT molecular complexity index is 622. The Morgan fingerprint density at radius 2 is 1.52 bits per heavy atom. The maximum absolute atomic E-state index is 12.8. The second-order valence-corrected chi connectivity index (χ2v) is 3.77. The summed E-state index contributed by atoms with van der Waals surface area (Å²) in [6.45, 7) is 0. The lowest BCUT2D eigenvalue weighted by atomic mass is 10.2. The van der Waals surface area contributed by atoms with Crippen molar-refractivity contribution in [3.63, 3.8) is 0 Å². The maximum Gasteiger partial charge on any atom is 0.165 e. The quantitative estimate of drug-likeness (QED) is 0.815. The molecule has 0 bridgehead atoms. The summed E-state index contributed by atoms with van der Waals surface area (Å²) in [5, 5.41) is 0. The first-order chi connectivity index (χ1) is 10.0. The Morgan fingerprint density at radius 1 is 0.905 bits per heavy atom. The van der Waals surface area contributed by atoms with Crippen LogP contribution in [-0.2, 0) is 0 Å². The average Bonchev–Trinajstić information content (AvgIpc) is 2.48. The highest BCUT2D eigenvalue weighted by Gasteiger charge is 2.04. The molecule has 21 heavy (non-hydrogen) atoms. The number of carbonyl (C=O) groups excluding carboxylic acids is 2. The summed E-state index contributed by atoms with van der Waals surface area (Å²) in [5.74, 6) is -2.02. The van der Waals surface area contributed by atoms with E-state index in [4.69, 9.17) is 0 Å². The predicted octanol–water partition coefficient (Wildman–Crippen LogP) is 3.42. The first kappa shape index (κ1) is 16.4. The first-order valence-corrected chi connectivity index (χ1v) is 5.71. The highest BCUT2D eigenvalue weighted by Crippen LogP contribution is 2.16. The van der Waals surface area contributed by atoms with Crippen LogP contribution in [0.3, 0.4) is 0 Å². The van der Waals surface area contributed by atoms with E-state index in [-0.39, 0.29) is 12.0 Å². The van der Waals surface area contributed by atoms with Gasteiger partial charge < -0.3 is 4.74 Å². The van der Waals surface area contributed by atoms with Crippen molar-refractivity contribution in [3.8, 4) is 5.75 Å². The van der Waals surface area contributed by atoms with Crippen LogP contribution in [0.15, 0.2) is 36.4 Å². The minimum absolute atomic E-state index is 0.149. The number of hydrogen-bond acceptors (Lipinski definition) is 3. The van der Waals surface area contributed by atoms with Gasteiger partial charge in [0.15, 0.2) is 17.9 Å². The molecule has 0 aromatic heterocycles. The van der Waals surface area contributed by atoms with Crippen LogP contribution in [0.25, 0.3) is 0 Å². The molecule has 2 aromatic carbocycles. The van der Waals surface area contributed by atoms with Gasteiger partial charge in [0, 0.05) is 5.56 Å². The molecular weight excluding hydrogens is 285 g/mol. The van der Waals surface area contributed by atoms with Gasteiger partial charge in [-0.2, -0.15) is 0 Å². The van der Waals surface area contributed by atoms with Crippen molar-refractivity contribution in [2.75, 3.05) is 7.11 Å². The fraction of sp³-hybridized carbons (Fsp3) is 0.0667. The smallest absolute Gasteiger partial charge is 0.165 e. The van der Waals surface area contributed by atoms with Gasteiger partial charge in [0.1, 0.15) is 17.9 Å². The third kappa shape index (κ3) is 4.45. The largest absolute Gasteiger partial charge is 0.494 e. The van der Waals surface area contributed by atoms with E-state index in [1.54, 1.807) is 0 Å². The van der Waals surface area contributed by atoms with Crippen LogP contribution in [0.2, 0.25) is 0 Å². The number of rotatable bonds is 3. The van der Waals surface area contributed by atoms with Crippen LogP contribution in [0.5, 0.6) is 5.75 Å². The standard InChI is InChI=1S/C8H7FO2.C7H4F2O/c1-11-8-3-2-6(5-10)4-7(8)9;8-6-2-1-3-7(9)5(6)4-10/h2-5H,1H3;1-4H. The summed E-state index contributed by atoms with van der Waals surface area (Å²) >= 11 is 0. The Hall–Kier alpha value is -2.63. The molecule has 110 valence electrons. The highest BCUT2D eigenvalue weighted by molar-refractivity contribution is 5.75. The van der Waals surface area contributed by atoms with Gasteiger partial charge in [0.05, 0.1) is 12.7 Å². The zero-order valence-corrected chi connectivity index (χ0v) is 11.0. The van der Waals surface area contributed by atoms with Gasteiger partial charge in [0.2, 0.25) is 0 Å². The highest BCUT2D eigenvalue weighted by atomic mass is 19.1. The van der Waals surface area contributed by atoms with Crippen molar-refractivity contribution >= 4 is 12.6 Å². The van der Waals surface area contributed by atoms with Crippen LogP contribution >= 0.6 is 0 Å². The molecule has 0 spiro atoms. The van der Waals surface area contributed by atoms with Gasteiger partial charge in [-0.05, 0) is 30.3 Å². The summed E-state index contributed by atoms with van der Waals surface area (Å²) in [6.07, 6.45) is 0.743. The molecule has 0 aliphatic rings. The van der Waals surface area contributed by atoms with E-state index < -0.39 is 23.0 Å². The zero-order chi connectivity index (χ0) is 15.8. The number of hydrogen-bond donors (Lipinski definition) is 0. The molecule has 0 fully saturated rings. The molecule has 2 aromatic rings. The van der Waals surface area contributed by atoms with Crippen molar-refractivity contribution < 1.29 is 27.5 Å². The number of ether oxygens (including phenoxy) is 1. The average molecular weight is 296 g/mol. The molecule has 0 atom stereocenters. The number of halogens is 3. The van der Waals surface area contributed by atoms with E-state index >= 15 is 0 Å². The molecule has 0 heterocycles. The lowest BCUT2D eigenvalue weighted by Crippen LogP contribution is -1.91. The van der Waals surface area contributed by atoms with E-state index in [0.717, 1.165) is 18.2 Å². The molecule has 0 saturated carbocycles. The van der Waals surface area contributed by atoms with Gasteiger partial charge in [-0.15, -0.1) is 0 Å². The molecule has 3 nitrogen and oxygen atoms in total. The molecular formula is C15H11F3O3. The number of benzene rings is 2. The molecule has 0 aliphatic carbocycles. The monoisotopic (exact) mass is 296 g/mol. The summed E-state index contributed by atoms with van der Waals surface area (Å²) < 4.78 is 42.2. The molecule has 0 aliphatic heterocycles. The van der Waals surface area contributed by atoms with E-state index in [9.17, 15) is 22.8 Å². The van der Waals surface area contributed by atoms with Gasteiger partial charge >= 0.3 is 0 Å². The van der Waals surface area contributed by atoms with Crippen LogP contribution in [-0.4, -0.2) is 19.7 Å². The fourth-order valence-corrected chi connectivity index (χ4v) is 1.38. The fourth-order valence-electron chi connectivity index (χ4n) is 1.38. The van der Waals surface area contributed by atoms with E-state index in [2.05, 4.69) is 4.74 Å². The van der Waals surface area contributed by atoms with Crippen molar-refractivity contribution in [1.82, 2.24) is 0 Å². The van der Waals surface area contributed by atoms with Gasteiger partial charge in [-0.25, -0.2) is 13.2 Å². The Labute approximate surface area is 119 Å². The van der Waals surface area contributed by atoms with Crippen LogP contribution in [0.1, 0.15) is 20.7 Å². The van der Waals surface area contributed by atoms with E-state index in [0.29, 0.717) is 11.8 Å². The van der Waals surface area contributed by atoms with Crippen LogP contribution < -0.4 is 4.74 Å². The lowest BCUT2D eigenvalue weighted by molar-refractivity contribution is 0.111. The molecule has 2 rings (SSSR count). The van der Waals surface area contributed by atoms with Crippen molar-refractivity contribution in [2.24, 2.45) is 0 Å². The lowest BCUT2D eigenvalue weighted by Gasteiger charge is -1.99. The van der Waals surface area contributed by atoms with Gasteiger partial charge in [-0.3, -0.25) is 9.59 Å². The van der Waals surface area contributed by atoms with E-state index in [1.807, 2.05) is 0 Å². The summed E-state index contributed by atoms with van der Waals surface area (Å²) in [7, 11) is 1.37. The number of carbonyl (C=O) groups is 2. The Kier molecular flexibility index (Phi) is 6.13.